The van der Waals surface area contributed by atoms with Gasteiger partial charge in [0.25, 0.3) is 5.88 Å². The molecule has 9 nitrogen and oxygen atoms in total. The third kappa shape index (κ3) is 3.59. The number of hydrogen-bond acceptors (Lipinski definition) is 7. The van der Waals surface area contributed by atoms with Gasteiger partial charge in [0, 0.05) is 32.2 Å². The number of rotatable bonds is 5. The summed E-state index contributed by atoms with van der Waals surface area (Å²) in [5.74, 6) is 0.933. The molecule has 2 amide bonds. The highest BCUT2D eigenvalue weighted by Crippen LogP contribution is 2.41. The van der Waals surface area contributed by atoms with Crippen molar-refractivity contribution in [2.45, 2.75) is 25.0 Å². The van der Waals surface area contributed by atoms with Gasteiger partial charge in [-0.15, -0.1) is 0 Å². The highest BCUT2D eigenvalue weighted by molar-refractivity contribution is 6.28. The van der Waals surface area contributed by atoms with Crippen LogP contribution in [0.25, 0.3) is 0 Å². The van der Waals surface area contributed by atoms with Crippen molar-refractivity contribution < 1.29 is 23.6 Å². The Morgan fingerprint density at radius 2 is 2.21 bits per heavy atom. The summed E-state index contributed by atoms with van der Waals surface area (Å²) in [4.78, 5) is 25.0. The number of halogens is 1. The summed E-state index contributed by atoms with van der Waals surface area (Å²) >= 11 is 6.15. The lowest BCUT2D eigenvalue weighted by Crippen LogP contribution is -2.31. The Kier molecular flexibility index (Phi) is 5.50. The van der Waals surface area contributed by atoms with Crippen LogP contribution in [0.4, 0.5) is 16.3 Å². The molecule has 1 unspecified atom stereocenters. The molecule has 0 aromatic carbocycles. The Balaban J connectivity index is 1.59. The number of fused-ring (bicyclic) bond motifs is 1. The fraction of sp³-hybridized carbons (Fsp3) is 0.667. The summed E-state index contributed by atoms with van der Waals surface area (Å²) in [6.45, 7) is 2.58. The maximum atomic E-state index is 12.8. The number of methoxy groups -OCH3 is 1. The average molecular weight is 411 g/mol. The Labute approximate surface area is 168 Å². The predicted molar refractivity (Wildman–Crippen MR) is 103 cm³/mol. The van der Waals surface area contributed by atoms with Gasteiger partial charge >= 0.3 is 17.1 Å². The molecule has 10 heteroatoms. The molecule has 2 saturated heterocycles. The zero-order valence-corrected chi connectivity index (χ0v) is 17.1. The fourth-order valence-corrected chi connectivity index (χ4v) is 4.05. The van der Waals surface area contributed by atoms with Crippen molar-refractivity contribution in [2.24, 2.45) is 5.92 Å². The van der Waals surface area contributed by atoms with Gasteiger partial charge in [-0.2, -0.15) is 9.56 Å². The summed E-state index contributed by atoms with van der Waals surface area (Å²) in [5.41, 5.74) is 0.536. The number of aromatic nitrogens is 2. The predicted octanol–water partition coefficient (Wildman–Crippen LogP) is 1.55. The smallest absolute Gasteiger partial charge is 0.448 e. The van der Waals surface area contributed by atoms with Crippen molar-refractivity contribution in [3.63, 3.8) is 0 Å². The molecule has 0 N–H and O–H groups in total. The number of carbonyl (C=O) groups excluding carboxylic acids is 1. The van der Waals surface area contributed by atoms with Crippen LogP contribution in [-0.2, 0) is 9.47 Å². The zero-order chi connectivity index (χ0) is 19.8. The van der Waals surface area contributed by atoms with Crippen molar-refractivity contribution in [3.8, 4) is 5.88 Å². The molecule has 0 aliphatic carbocycles. The number of nitrogens with zero attached hydrogens (tertiary/aromatic N) is 5. The Morgan fingerprint density at radius 1 is 1.39 bits per heavy atom. The van der Waals surface area contributed by atoms with Gasteiger partial charge in [0.2, 0.25) is 5.69 Å². The van der Waals surface area contributed by atoms with Crippen LogP contribution in [0.1, 0.15) is 12.8 Å². The van der Waals surface area contributed by atoms with Gasteiger partial charge in [0.15, 0.2) is 0 Å². The first-order chi connectivity index (χ1) is 13.5. The van der Waals surface area contributed by atoms with Gasteiger partial charge in [0.05, 0.1) is 26.0 Å². The maximum Gasteiger partial charge on any atom is 0.448 e. The molecular weight excluding hydrogens is 386 g/mol. The van der Waals surface area contributed by atoms with E-state index in [1.165, 1.54) is 9.48 Å². The quantitative estimate of drug-likeness (QED) is 0.538. The minimum absolute atomic E-state index is 0.0486. The van der Waals surface area contributed by atoms with E-state index in [-0.39, 0.29) is 29.4 Å². The van der Waals surface area contributed by atoms with Gasteiger partial charge in [0.1, 0.15) is 6.61 Å². The van der Waals surface area contributed by atoms with Crippen molar-refractivity contribution in [1.29, 1.82) is 0 Å². The summed E-state index contributed by atoms with van der Waals surface area (Å²) < 4.78 is 18.4. The molecule has 0 saturated carbocycles. The monoisotopic (exact) mass is 410 g/mol. The molecule has 3 aliphatic rings. The lowest BCUT2D eigenvalue weighted by atomic mass is 10.1. The van der Waals surface area contributed by atoms with E-state index in [2.05, 4.69) is 14.9 Å². The second kappa shape index (κ2) is 7.90. The fourth-order valence-electron chi connectivity index (χ4n) is 3.89. The van der Waals surface area contributed by atoms with Gasteiger partial charge in [-0.25, -0.2) is 9.69 Å². The van der Waals surface area contributed by atoms with Crippen LogP contribution in [0, 0.1) is 5.92 Å². The molecule has 1 aromatic rings. The molecule has 0 spiro atoms. The second-order valence-electron chi connectivity index (χ2n) is 7.45. The zero-order valence-electron chi connectivity index (χ0n) is 16.3. The second-order valence-corrected chi connectivity index (χ2v) is 7.79. The van der Waals surface area contributed by atoms with Gasteiger partial charge < -0.3 is 14.2 Å². The van der Waals surface area contributed by atoms with E-state index in [4.69, 9.17) is 25.8 Å². The average Bonchev–Trinajstić information content (AvgIpc) is 3.36. The molecule has 3 aliphatic heterocycles. The van der Waals surface area contributed by atoms with E-state index >= 15 is 0 Å². The molecule has 4 heterocycles. The number of carbonyl (C=O) groups is 1. The number of ether oxygens (including phenoxy) is 3. The molecule has 4 rings (SSSR count). The van der Waals surface area contributed by atoms with Crippen molar-refractivity contribution >= 4 is 35.4 Å². The van der Waals surface area contributed by atoms with E-state index in [1.54, 1.807) is 14.2 Å². The van der Waals surface area contributed by atoms with E-state index in [0.29, 0.717) is 37.2 Å². The van der Waals surface area contributed by atoms with Crippen LogP contribution >= 0.6 is 11.6 Å². The van der Waals surface area contributed by atoms with Gasteiger partial charge in [-0.05, 0) is 31.5 Å². The van der Waals surface area contributed by atoms with Crippen LogP contribution < -0.4 is 9.64 Å². The normalized spacial score (nSPS) is 29.1. The third-order valence-corrected chi connectivity index (χ3v) is 5.75. The number of urea groups is 1. The summed E-state index contributed by atoms with van der Waals surface area (Å²) in [7, 11) is 5.45. The number of amides is 2. The summed E-state index contributed by atoms with van der Waals surface area (Å²) in [5, 5.41) is 0.0486. The SMILES string of the molecule is CO[C@H]1C[C@@H](COc2nc(Cl)nc3c2N(C)C(=O)/[N+]3=C/C2CCOC2)N(C)C1. The van der Waals surface area contributed by atoms with E-state index in [9.17, 15) is 4.79 Å². The number of hydrogen-bond donors (Lipinski definition) is 0. The summed E-state index contributed by atoms with van der Waals surface area (Å²) in [6.07, 6.45) is 3.81. The lowest BCUT2D eigenvalue weighted by molar-refractivity contribution is -0.324. The molecule has 1 aromatic heterocycles. The van der Waals surface area contributed by atoms with Gasteiger partial charge in [-0.3, -0.25) is 4.90 Å². The Bertz CT molecular complexity index is 798. The molecule has 0 radical (unpaired) electrons. The number of anilines is 1. The minimum Gasteiger partial charge on any atom is -0.473 e. The number of likely N-dealkylation sites (tertiary alicyclic amines) is 1. The van der Waals surface area contributed by atoms with E-state index in [1.807, 2.05) is 13.3 Å². The van der Waals surface area contributed by atoms with E-state index < -0.39 is 0 Å². The first-order valence-electron chi connectivity index (χ1n) is 9.41. The van der Waals surface area contributed by atoms with E-state index in [0.717, 1.165) is 19.4 Å². The summed E-state index contributed by atoms with van der Waals surface area (Å²) in [6, 6.07) is -0.00389. The maximum absolute atomic E-state index is 12.8. The molecule has 28 heavy (non-hydrogen) atoms. The molecule has 0 bridgehead atoms. The molecule has 152 valence electrons. The molecular formula is C18H25ClN5O4+. The molecule has 2 fully saturated rings. The first kappa shape index (κ1) is 19.5. The number of likely N-dealkylation sites (N-methyl/N-ethyl adjacent to an activating group) is 1. The van der Waals surface area contributed by atoms with Crippen LogP contribution in [0.3, 0.4) is 0 Å². The highest BCUT2D eigenvalue weighted by Gasteiger charge is 2.44. The largest absolute Gasteiger partial charge is 0.473 e. The highest BCUT2D eigenvalue weighted by atomic mass is 35.5. The van der Waals surface area contributed by atoms with Crippen LogP contribution in [0.15, 0.2) is 0 Å². The standard InChI is InChI=1S/C18H25ClN5O4/c1-22-8-13(26-3)6-12(22)10-28-16-14-15(20-17(19)21-16)24(18(25)23(14)2)7-11-4-5-27-9-11/h7,11-13H,4-6,8-10H2,1-3H3/q+1/b24-7+/t11?,12-,13-/m0/s1. The molecule has 3 atom stereocenters. The lowest BCUT2D eigenvalue weighted by Gasteiger charge is -2.19. The van der Waals surface area contributed by atoms with Crippen LogP contribution in [0.2, 0.25) is 5.28 Å². The van der Waals surface area contributed by atoms with Crippen LogP contribution in [0.5, 0.6) is 5.88 Å². The van der Waals surface area contributed by atoms with Crippen molar-refractivity contribution in [1.82, 2.24) is 14.9 Å². The van der Waals surface area contributed by atoms with Crippen molar-refractivity contribution in [3.05, 3.63) is 5.28 Å². The Morgan fingerprint density at radius 3 is 2.89 bits per heavy atom. The van der Waals surface area contributed by atoms with Crippen LogP contribution in [-0.4, -0.2) is 91.4 Å². The Hall–Kier alpha value is -1.81. The topological polar surface area (TPSA) is 80.0 Å². The van der Waals surface area contributed by atoms with Gasteiger partial charge in [-0.1, -0.05) is 4.98 Å². The first-order valence-corrected chi connectivity index (χ1v) is 9.78. The van der Waals surface area contributed by atoms with Crippen molar-refractivity contribution in [2.75, 3.05) is 52.5 Å². The third-order valence-electron chi connectivity index (χ3n) is 5.58. The minimum atomic E-state index is -0.208.